The summed E-state index contributed by atoms with van der Waals surface area (Å²) in [5, 5.41) is 0. The van der Waals surface area contributed by atoms with Gasteiger partial charge in [0.2, 0.25) is 0 Å². The Morgan fingerprint density at radius 2 is 2.06 bits per heavy atom. The Morgan fingerprint density at radius 1 is 1.44 bits per heavy atom. The van der Waals surface area contributed by atoms with Crippen LogP contribution in [0.3, 0.4) is 0 Å². The monoisotopic (exact) mass is 293 g/mol. The van der Waals surface area contributed by atoms with E-state index in [2.05, 4.69) is 15.9 Å². The first-order valence-corrected chi connectivity index (χ1v) is 6.68. The number of carbonyl (C=O) groups excluding carboxylic acids is 1. The third-order valence-electron chi connectivity index (χ3n) is 3.26. The van der Waals surface area contributed by atoms with Gasteiger partial charge in [0.25, 0.3) is 0 Å². The minimum atomic E-state index is -1.19. The molecule has 2 aliphatic rings. The fraction of sp³-hybridized carbons (Fsp3) is 0.909. The van der Waals surface area contributed by atoms with Crippen LogP contribution in [0, 0.1) is 5.92 Å². The van der Waals surface area contributed by atoms with E-state index in [1.165, 1.54) is 6.42 Å². The van der Waals surface area contributed by atoms with Crippen LogP contribution in [0.5, 0.6) is 0 Å². The number of piperidine rings is 1. The summed E-state index contributed by atoms with van der Waals surface area (Å²) in [6, 6.07) is 0. The molecule has 0 radical (unpaired) electrons. The zero-order chi connectivity index (χ0) is 11.6. The Bertz CT molecular complexity index is 267. The second-order valence-corrected chi connectivity index (χ2v) is 5.93. The highest BCUT2D eigenvalue weighted by Crippen LogP contribution is 2.54. The lowest BCUT2D eigenvalue weighted by atomic mass is 10.1. The van der Waals surface area contributed by atoms with Crippen molar-refractivity contribution < 1.29 is 13.9 Å². The van der Waals surface area contributed by atoms with Crippen molar-refractivity contribution in [1.82, 2.24) is 4.90 Å². The molecule has 1 heterocycles. The smallest absolute Gasteiger partial charge is 0.409 e. The van der Waals surface area contributed by atoms with Crippen LogP contribution in [0.15, 0.2) is 0 Å². The number of likely N-dealkylation sites (tertiary alicyclic amines) is 1. The molecule has 3 nitrogen and oxygen atoms in total. The highest BCUT2D eigenvalue weighted by Gasteiger charge is 2.52. The summed E-state index contributed by atoms with van der Waals surface area (Å²) >= 11 is 2.98. The van der Waals surface area contributed by atoms with Crippen molar-refractivity contribution in [3.8, 4) is 0 Å². The number of rotatable bonds is 3. The highest BCUT2D eigenvalue weighted by atomic mass is 79.9. The second kappa shape index (κ2) is 4.90. The lowest BCUT2D eigenvalue weighted by Crippen LogP contribution is -2.36. The Morgan fingerprint density at radius 3 is 2.62 bits per heavy atom. The predicted octanol–water partition coefficient (Wildman–Crippen LogP) is 3.08. The van der Waals surface area contributed by atoms with Crippen LogP contribution in [0.2, 0.25) is 0 Å². The SMILES string of the molecule is O=C(OCCC1CC1(F)Br)N1CCCCC1. The molecule has 5 heteroatoms. The van der Waals surface area contributed by atoms with Gasteiger partial charge in [0.15, 0.2) is 4.58 Å². The maximum atomic E-state index is 13.1. The highest BCUT2D eigenvalue weighted by molar-refractivity contribution is 9.10. The zero-order valence-electron chi connectivity index (χ0n) is 9.25. The zero-order valence-corrected chi connectivity index (χ0v) is 10.8. The minimum absolute atomic E-state index is 0.0154. The Hall–Kier alpha value is -0.320. The van der Waals surface area contributed by atoms with E-state index in [4.69, 9.17) is 4.74 Å². The molecule has 16 heavy (non-hydrogen) atoms. The lowest BCUT2D eigenvalue weighted by molar-refractivity contribution is 0.0922. The number of amides is 1. The van der Waals surface area contributed by atoms with Crippen LogP contribution in [0.4, 0.5) is 9.18 Å². The largest absolute Gasteiger partial charge is 0.449 e. The summed E-state index contributed by atoms with van der Waals surface area (Å²) in [4.78, 5) is 13.3. The van der Waals surface area contributed by atoms with E-state index >= 15 is 0 Å². The molecule has 1 saturated carbocycles. The van der Waals surface area contributed by atoms with Gasteiger partial charge >= 0.3 is 6.09 Å². The van der Waals surface area contributed by atoms with E-state index in [1.54, 1.807) is 4.90 Å². The predicted molar refractivity (Wildman–Crippen MR) is 62.3 cm³/mol. The van der Waals surface area contributed by atoms with Crippen molar-refractivity contribution in [1.29, 1.82) is 0 Å². The van der Waals surface area contributed by atoms with Crippen LogP contribution >= 0.6 is 15.9 Å². The normalized spacial score (nSPS) is 33.6. The molecule has 0 bridgehead atoms. The van der Waals surface area contributed by atoms with Crippen molar-refractivity contribution in [3.05, 3.63) is 0 Å². The fourth-order valence-electron chi connectivity index (χ4n) is 2.04. The van der Waals surface area contributed by atoms with Crippen LogP contribution in [-0.2, 0) is 4.74 Å². The van der Waals surface area contributed by atoms with Gasteiger partial charge in [0, 0.05) is 19.0 Å². The van der Waals surface area contributed by atoms with Gasteiger partial charge in [-0.3, -0.25) is 0 Å². The first-order chi connectivity index (χ1) is 7.59. The molecule has 92 valence electrons. The van der Waals surface area contributed by atoms with Crippen molar-refractivity contribution in [2.45, 2.75) is 36.7 Å². The minimum Gasteiger partial charge on any atom is -0.449 e. The maximum Gasteiger partial charge on any atom is 0.409 e. The van der Waals surface area contributed by atoms with Gasteiger partial charge in [0.1, 0.15) is 0 Å². The molecule has 1 aliphatic carbocycles. The van der Waals surface area contributed by atoms with E-state index in [0.29, 0.717) is 19.4 Å². The molecule has 2 unspecified atom stereocenters. The number of hydrogen-bond donors (Lipinski definition) is 0. The number of ether oxygens (including phenoxy) is 1. The summed E-state index contributed by atoms with van der Waals surface area (Å²) < 4.78 is 17.0. The Labute approximate surface area is 103 Å². The molecule has 0 aromatic carbocycles. The number of carbonyl (C=O) groups is 1. The van der Waals surface area contributed by atoms with Crippen LogP contribution in [0.1, 0.15) is 32.1 Å². The topological polar surface area (TPSA) is 29.5 Å². The average molecular weight is 294 g/mol. The van der Waals surface area contributed by atoms with Gasteiger partial charge in [-0.05, 0) is 48.0 Å². The first-order valence-electron chi connectivity index (χ1n) is 5.89. The standard InChI is InChI=1S/C11H17BrFNO2/c12-11(13)8-9(11)4-7-16-10(15)14-5-2-1-3-6-14/h9H,1-8H2. The van der Waals surface area contributed by atoms with E-state index in [9.17, 15) is 9.18 Å². The summed E-state index contributed by atoms with van der Waals surface area (Å²) in [6.45, 7) is 1.93. The second-order valence-electron chi connectivity index (χ2n) is 4.61. The number of hydrogen-bond acceptors (Lipinski definition) is 2. The molecule has 2 rings (SSSR count). The number of alkyl halides is 2. The van der Waals surface area contributed by atoms with Gasteiger partial charge in [-0.15, -0.1) is 0 Å². The first kappa shape index (κ1) is 12.1. The van der Waals surface area contributed by atoms with Crippen LogP contribution < -0.4 is 0 Å². The maximum absolute atomic E-state index is 13.1. The van der Waals surface area contributed by atoms with E-state index < -0.39 is 4.58 Å². The van der Waals surface area contributed by atoms with Gasteiger partial charge in [-0.25, -0.2) is 9.18 Å². The van der Waals surface area contributed by atoms with Crippen molar-refractivity contribution in [2.75, 3.05) is 19.7 Å². The van der Waals surface area contributed by atoms with Crippen molar-refractivity contribution >= 4 is 22.0 Å². The Kier molecular flexibility index (Phi) is 3.72. The molecule has 1 saturated heterocycles. The fourth-order valence-corrected chi connectivity index (χ4v) is 2.66. The molecular weight excluding hydrogens is 277 g/mol. The molecule has 0 aromatic heterocycles. The van der Waals surface area contributed by atoms with E-state index in [-0.39, 0.29) is 12.0 Å². The Balaban J connectivity index is 1.60. The molecule has 2 atom stereocenters. The van der Waals surface area contributed by atoms with Gasteiger partial charge in [-0.1, -0.05) is 0 Å². The summed E-state index contributed by atoms with van der Waals surface area (Å²) in [5.74, 6) is 0.0154. The number of halogens is 2. The molecule has 2 fully saturated rings. The molecule has 0 N–H and O–H groups in total. The number of nitrogens with zero attached hydrogens (tertiary/aromatic N) is 1. The van der Waals surface area contributed by atoms with Crippen molar-refractivity contribution in [3.63, 3.8) is 0 Å². The third-order valence-corrected chi connectivity index (χ3v) is 4.23. The van der Waals surface area contributed by atoms with E-state index in [0.717, 1.165) is 25.9 Å². The molecule has 1 amide bonds. The molecule has 1 aliphatic heterocycles. The van der Waals surface area contributed by atoms with Gasteiger partial charge in [-0.2, -0.15) is 0 Å². The summed E-state index contributed by atoms with van der Waals surface area (Å²) in [5.41, 5.74) is 0. The lowest BCUT2D eigenvalue weighted by Gasteiger charge is -2.25. The molecule has 0 spiro atoms. The molecular formula is C11H17BrFNO2. The quantitative estimate of drug-likeness (QED) is 0.749. The molecule has 0 aromatic rings. The van der Waals surface area contributed by atoms with E-state index in [1.807, 2.05) is 0 Å². The summed E-state index contributed by atoms with van der Waals surface area (Å²) in [6.07, 6.45) is 4.23. The van der Waals surface area contributed by atoms with Gasteiger partial charge in [0.05, 0.1) is 6.61 Å². The third kappa shape index (κ3) is 3.09. The van der Waals surface area contributed by atoms with Crippen molar-refractivity contribution in [2.24, 2.45) is 5.92 Å². The van der Waals surface area contributed by atoms with Crippen LogP contribution in [0.25, 0.3) is 0 Å². The van der Waals surface area contributed by atoms with Gasteiger partial charge < -0.3 is 9.64 Å². The summed E-state index contributed by atoms with van der Waals surface area (Å²) in [7, 11) is 0. The average Bonchev–Trinajstić information content (AvgIpc) is 2.87. The van der Waals surface area contributed by atoms with Crippen LogP contribution in [-0.4, -0.2) is 35.3 Å².